The second-order valence-electron chi connectivity index (χ2n) is 15.5. The Morgan fingerprint density at radius 2 is 0.246 bits per heavy atom. The molecule has 10 rings (SSSR count). The average molecular weight is 1000 g/mol. The van der Waals surface area contributed by atoms with Gasteiger partial charge in [-0.05, 0) is 121 Å². The summed E-state index contributed by atoms with van der Waals surface area (Å²) < 4.78 is 0. The fourth-order valence-corrected chi connectivity index (χ4v) is 20.6. The zero-order valence-electron chi connectivity index (χ0n) is 36.0. The first kappa shape index (κ1) is 46.2. The molecule has 319 valence electrons. The van der Waals surface area contributed by atoms with Gasteiger partial charge in [-0.25, -0.2) is 0 Å². The van der Waals surface area contributed by atoms with Crippen LogP contribution in [0.25, 0.3) is 0 Å². The van der Waals surface area contributed by atoms with E-state index in [1.54, 1.807) is 0 Å². The molecule has 0 saturated carbocycles. The molecule has 0 aromatic heterocycles. The Bertz CT molecular complexity index is 2360. The molecular weight excluding hydrogens is 952 g/mol. The number of rotatable bonds is 12. The van der Waals surface area contributed by atoms with E-state index in [-0.39, 0.29) is 22.4 Å². The predicted octanol–water partition coefficient (Wildman–Crippen LogP) is 9.33. The molecular formula is C60H52AgP4+4. The van der Waals surface area contributed by atoms with E-state index in [9.17, 15) is 0 Å². The molecule has 0 heterocycles. The quantitative estimate of drug-likeness (QED) is 0.0847. The van der Waals surface area contributed by atoms with Crippen molar-refractivity contribution in [1.82, 2.24) is 0 Å². The summed E-state index contributed by atoms with van der Waals surface area (Å²) in [5.74, 6) is 0. The van der Waals surface area contributed by atoms with Gasteiger partial charge >= 0.3 is 0 Å². The fraction of sp³-hybridized carbons (Fsp3) is 0. The average Bonchev–Trinajstić information content (AvgIpc) is 3.38. The Kier molecular flexibility index (Phi) is 16.9. The zero-order valence-corrected chi connectivity index (χ0v) is 41.5. The first-order valence-electron chi connectivity index (χ1n) is 21.9. The van der Waals surface area contributed by atoms with Crippen molar-refractivity contribution < 1.29 is 22.4 Å². The molecule has 10 aromatic rings. The van der Waals surface area contributed by atoms with Crippen LogP contribution in [-0.2, 0) is 22.4 Å². The molecule has 0 fully saturated rings. The van der Waals surface area contributed by atoms with Gasteiger partial charge in [0.05, 0.1) is 0 Å². The van der Waals surface area contributed by atoms with Crippen molar-refractivity contribution in [1.29, 1.82) is 0 Å². The molecule has 5 heteroatoms. The van der Waals surface area contributed by atoms with Gasteiger partial charge in [0.15, 0.2) is 0 Å². The minimum atomic E-state index is -1.14. The maximum absolute atomic E-state index is 2.38. The van der Waals surface area contributed by atoms with E-state index < -0.39 is 31.7 Å². The molecule has 1 radical (unpaired) electrons. The molecule has 0 amide bonds. The monoisotopic (exact) mass is 1000 g/mol. The second-order valence-corrected chi connectivity index (χ2v) is 25.3. The Hall–Kier alpha value is -5.34. The topological polar surface area (TPSA) is 0 Å². The molecule has 65 heavy (non-hydrogen) atoms. The second kappa shape index (κ2) is 23.7. The third kappa shape index (κ3) is 11.4. The van der Waals surface area contributed by atoms with Crippen molar-refractivity contribution >= 4 is 95.3 Å². The molecule has 0 bridgehead atoms. The van der Waals surface area contributed by atoms with E-state index in [1.165, 1.54) is 63.7 Å². The molecule has 0 saturated heterocycles. The van der Waals surface area contributed by atoms with Crippen molar-refractivity contribution in [2.75, 3.05) is 0 Å². The SMILES string of the molecule is [Ag].c1ccc([PH+](c2ccccc2)c2ccccc2[PH+](c2ccccc2)c2ccccc2)cc1.c1ccc([PH+](c2ccccc2)c2ccccc2[PH+](c2ccccc2)c2ccccc2)cc1. The summed E-state index contributed by atoms with van der Waals surface area (Å²) in [4.78, 5) is 0. The van der Waals surface area contributed by atoms with Crippen LogP contribution in [0.2, 0.25) is 0 Å². The summed E-state index contributed by atoms with van der Waals surface area (Å²) in [6, 6.07) is 107. The van der Waals surface area contributed by atoms with Crippen LogP contribution in [0.3, 0.4) is 0 Å². The maximum Gasteiger partial charge on any atom is 0.144 e. The van der Waals surface area contributed by atoms with Crippen molar-refractivity contribution in [2.45, 2.75) is 0 Å². The van der Waals surface area contributed by atoms with Crippen LogP contribution in [0.4, 0.5) is 0 Å². The first-order chi connectivity index (χ1) is 31.8. The Morgan fingerprint density at radius 1 is 0.138 bits per heavy atom. The van der Waals surface area contributed by atoms with E-state index in [0.29, 0.717) is 0 Å². The van der Waals surface area contributed by atoms with Crippen LogP contribution >= 0.6 is 31.7 Å². The zero-order chi connectivity index (χ0) is 43.2. The Morgan fingerprint density at radius 3 is 0.369 bits per heavy atom. The number of hydrogen-bond acceptors (Lipinski definition) is 0. The van der Waals surface area contributed by atoms with Gasteiger partial charge in [0.1, 0.15) is 95.3 Å². The molecule has 0 atom stereocenters. The van der Waals surface area contributed by atoms with Gasteiger partial charge in [-0.2, -0.15) is 0 Å². The van der Waals surface area contributed by atoms with Crippen molar-refractivity contribution in [2.24, 2.45) is 0 Å². The summed E-state index contributed by atoms with van der Waals surface area (Å²) in [6.45, 7) is 0. The summed E-state index contributed by atoms with van der Waals surface area (Å²) in [7, 11) is -4.56. The van der Waals surface area contributed by atoms with Gasteiger partial charge in [-0.1, -0.05) is 170 Å². The van der Waals surface area contributed by atoms with E-state index in [1.807, 2.05) is 0 Å². The standard InChI is InChI=1S/2C30H24P2.Ag/c2*1-5-15-25(16-6-1)31(26-17-7-2-8-18-26)29-23-13-14-24-30(29)32(27-19-9-3-10-20-27)28-21-11-4-12-22-28;/h2*1-24H;/p+4. The summed E-state index contributed by atoms with van der Waals surface area (Å²) >= 11 is 0. The summed E-state index contributed by atoms with van der Waals surface area (Å²) in [5.41, 5.74) is 0. The van der Waals surface area contributed by atoms with E-state index >= 15 is 0 Å². The summed E-state index contributed by atoms with van der Waals surface area (Å²) in [5, 5.41) is 17.4. The molecule has 0 nitrogen and oxygen atoms in total. The normalized spacial score (nSPS) is 10.9. The minimum absolute atomic E-state index is 0. The van der Waals surface area contributed by atoms with E-state index in [2.05, 4.69) is 291 Å². The van der Waals surface area contributed by atoms with Crippen LogP contribution in [0, 0.1) is 0 Å². The van der Waals surface area contributed by atoms with Gasteiger partial charge in [-0.15, -0.1) is 0 Å². The molecule has 0 unspecified atom stereocenters. The van der Waals surface area contributed by atoms with Crippen LogP contribution in [0.15, 0.2) is 291 Å². The molecule has 0 aliphatic rings. The van der Waals surface area contributed by atoms with Crippen molar-refractivity contribution in [3.05, 3.63) is 291 Å². The molecule has 10 aromatic carbocycles. The Balaban J connectivity index is 0.000000175. The van der Waals surface area contributed by atoms with Crippen LogP contribution in [0.5, 0.6) is 0 Å². The third-order valence-corrected chi connectivity index (χ3v) is 23.1. The van der Waals surface area contributed by atoms with E-state index in [4.69, 9.17) is 0 Å². The maximum atomic E-state index is 2.38. The molecule has 0 spiro atoms. The van der Waals surface area contributed by atoms with Crippen LogP contribution in [-0.4, -0.2) is 0 Å². The largest absolute Gasteiger partial charge is 0.144 e. The fourth-order valence-electron chi connectivity index (χ4n) is 8.59. The summed E-state index contributed by atoms with van der Waals surface area (Å²) in [6.07, 6.45) is 0. The third-order valence-electron chi connectivity index (χ3n) is 11.4. The van der Waals surface area contributed by atoms with Gasteiger partial charge < -0.3 is 0 Å². The van der Waals surface area contributed by atoms with Crippen molar-refractivity contribution in [3.8, 4) is 0 Å². The molecule has 0 aliphatic carbocycles. The molecule has 0 N–H and O–H groups in total. The van der Waals surface area contributed by atoms with Gasteiger partial charge in [0.2, 0.25) is 0 Å². The van der Waals surface area contributed by atoms with Crippen molar-refractivity contribution in [3.63, 3.8) is 0 Å². The van der Waals surface area contributed by atoms with Gasteiger partial charge in [0.25, 0.3) is 0 Å². The van der Waals surface area contributed by atoms with Crippen LogP contribution < -0.4 is 63.7 Å². The smallest absolute Gasteiger partial charge is 0.0620 e. The van der Waals surface area contributed by atoms with Gasteiger partial charge in [-0.3, -0.25) is 0 Å². The minimum Gasteiger partial charge on any atom is -0.0620 e. The first-order valence-corrected chi connectivity index (χ1v) is 27.9. The Labute approximate surface area is 406 Å². The number of hydrogen-bond donors (Lipinski definition) is 0. The number of benzene rings is 10. The van der Waals surface area contributed by atoms with E-state index in [0.717, 1.165) is 0 Å². The predicted molar refractivity (Wildman–Crippen MR) is 293 cm³/mol. The molecule has 0 aliphatic heterocycles. The van der Waals surface area contributed by atoms with Gasteiger partial charge in [0, 0.05) is 22.4 Å². The van der Waals surface area contributed by atoms with Crippen LogP contribution in [0.1, 0.15) is 0 Å².